The molecule has 0 bridgehead atoms. The fourth-order valence-corrected chi connectivity index (χ4v) is 1.34. The van der Waals surface area contributed by atoms with Crippen LogP contribution in [0.5, 0.6) is 0 Å². The molecule has 2 nitrogen and oxygen atoms in total. The molecule has 60 valence electrons. The third-order valence-electron chi connectivity index (χ3n) is 1.10. The van der Waals surface area contributed by atoms with Crippen LogP contribution in [0.25, 0.3) is 0 Å². The zero-order chi connectivity index (χ0) is 7.66. The molecule has 0 aliphatic heterocycles. The van der Waals surface area contributed by atoms with E-state index in [4.69, 9.17) is 5.11 Å². The number of carbonyl (C=O) groups is 1. The molecule has 0 rings (SSSR count). The number of hydrogen-bond acceptors (Lipinski definition) is 3. The van der Waals surface area contributed by atoms with E-state index in [-0.39, 0.29) is 6.61 Å². The van der Waals surface area contributed by atoms with Gasteiger partial charge in [0, 0.05) is 12.2 Å². The molecule has 0 saturated heterocycles. The Morgan fingerprint density at radius 3 is 2.70 bits per heavy atom. The fraction of sp³-hybridized carbons (Fsp3) is 0.857. The van der Waals surface area contributed by atoms with Gasteiger partial charge in [0.1, 0.15) is 6.29 Å². The maximum Gasteiger partial charge on any atom is 0.119 e. The van der Waals surface area contributed by atoms with E-state index < -0.39 is 0 Å². The van der Waals surface area contributed by atoms with Crippen molar-refractivity contribution in [2.24, 2.45) is 0 Å². The SMILES string of the molecule is O=CCCCCSCCO. The predicted molar refractivity (Wildman–Crippen MR) is 44.3 cm³/mol. The Balaban J connectivity index is 2.70. The van der Waals surface area contributed by atoms with Gasteiger partial charge in [-0.15, -0.1) is 0 Å². The van der Waals surface area contributed by atoms with Crippen LogP contribution in [0.4, 0.5) is 0 Å². The first-order valence-corrected chi connectivity index (χ1v) is 4.69. The normalized spacial score (nSPS) is 9.70. The van der Waals surface area contributed by atoms with Crippen molar-refractivity contribution in [1.29, 1.82) is 0 Å². The van der Waals surface area contributed by atoms with Crippen LogP contribution in [0.3, 0.4) is 0 Å². The number of carbonyl (C=O) groups excluding carboxylic acids is 1. The Bertz CT molecular complexity index is 76.0. The second kappa shape index (κ2) is 8.98. The topological polar surface area (TPSA) is 37.3 Å². The molecular weight excluding hydrogens is 148 g/mol. The zero-order valence-corrected chi connectivity index (χ0v) is 6.90. The molecule has 0 spiro atoms. The Labute approximate surface area is 66.0 Å². The van der Waals surface area contributed by atoms with Crippen molar-refractivity contribution in [3.8, 4) is 0 Å². The molecule has 0 radical (unpaired) electrons. The lowest BCUT2D eigenvalue weighted by atomic mass is 10.3. The molecule has 1 N–H and O–H groups in total. The summed E-state index contributed by atoms with van der Waals surface area (Å²) in [6.07, 6.45) is 3.71. The first-order chi connectivity index (χ1) is 4.91. The van der Waals surface area contributed by atoms with Gasteiger partial charge in [0.2, 0.25) is 0 Å². The lowest BCUT2D eigenvalue weighted by molar-refractivity contribution is -0.107. The van der Waals surface area contributed by atoms with E-state index in [1.165, 1.54) is 0 Å². The molecule has 0 aromatic carbocycles. The molecule has 3 heteroatoms. The van der Waals surface area contributed by atoms with Gasteiger partial charge in [-0.25, -0.2) is 0 Å². The van der Waals surface area contributed by atoms with E-state index >= 15 is 0 Å². The highest BCUT2D eigenvalue weighted by Crippen LogP contribution is 2.04. The van der Waals surface area contributed by atoms with E-state index in [1.807, 2.05) is 0 Å². The number of thioether (sulfide) groups is 1. The third kappa shape index (κ3) is 7.98. The standard InChI is InChI=1S/C7H14O2S/c8-4-2-1-3-6-10-7-5-9/h4,9H,1-3,5-7H2. The first kappa shape index (κ1) is 9.98. The summed E-state index contributed by atoms with van der Waals surface area (Å²) in [6, 6.07) is 0. The lowest BCUT2D eigenvalue weighted by Crippen LogP contribution is -1.88. The summed E-state index contributed by atoms with van der Waals surface area (Å²) in [5.41, 5.74) is 0. The summed E-state index contributed by atoms with van der Waals surface area (Å²) in [5, 5.41) is 8.39. The van der Waals surface area contributed by atoms with Crippen molar-refractivity contribution in [2.75, 3.05) is 18.1 Å². The van der Waals surface area contributed by atoms with Crippen molar-refractivity contribution in [1.82, 2.24) is 0 Å². The summed E-state index contributed by atoms with van der Waals surface area (Å²) in [5.74, 6) is 1.88. The quantitative estimate of drug-likeness (QED) is 0.449. The van der Waals surface area contributed by atoms with Gasteiger partial charge >= 0.3 is 0 Å². The van der Waals surface area contributed by atoms with Crippen molar-refractivity contribution >= 4 is 18.0 Å². The van der Waals surface area contributed by atoms with E-state index in [0.717, 1.165) is 30.6 Å². The van der Waals surface area contributed by atoms with Gasteiger partial charge in [0.05, 0.1) is 6.61 Å². The minimum Gasteiger partial charge on any atom is -0.396 e. The van der Waals surface area contributed by atoms with Gasteiger partial charge in [0.25, 0.3) is 0 Å². The van der Waals surface area contributed by atoms with E-state index in [9.17, 15) is 4.79 Å². The van der Waals surface area contributed by atoms with Crippen LogP contribution in [0.2, 0.25) is 0 Å². The maximum atomic E-state index is 9.85. The number of aliphatic hydroxyl groups is 1. The molecule has 10 heavy (non-hydrogen) atoms. The average molecular weight is 162 g/mol. The number of hydrogen-bond donors (Lipinski definition) is 1. The Kier molecular flexibility index (Phi) is 8.96. The number of unbranched alkanes of at least 4 members (excludes halogenated alkanes) is 2. The second-order valence-electron chi connectivity index (χ2n) is 2.00. The molecular formula is C7H14O2S. The van der Waals surface area contributed by atoms with Gasteiger partial charge < -0.3 is 9.90 Å². The average Bonchev–Trinajstić information content (AvgIpc) is 1.97. The van der Waals surface area contributed by atoms with Crippen LogP contribution < -0.4 is 0 Å². The first-order valence-electron chi connectivity index (χ1n) is 3.54. The minimum absolute atomic E-state index is 0.262. The molecule has 0 unspecified atom stereocenters. The Hall–Kier alpha value is -0.0200. The Morgan fingerprint density at radius 2 is 2.10 bits per heavy atom. The second-order valence-corrected chi connectivity index (χ2v) is 3.22. The molecule has 0 amide bonds. The maximum absolute atomic E-state index is 9.85. The van der Waals surface area contributed by atoms with Crippen LogP contribution in [-0.2, 0) is 4.79 Å². The number of aliphatic hydroxyl groups excluding tert-OH is 1. The van der Waals surface area contributed by atoms with E-state index in [0.29, 0.717) is 6.42 Å². The molecule has 0 saturated carbocycles. The summed E-state index contributed by atoms with van der Waals surface area (Å²) >= 11 is 1.74. The van der Waals surface area contributed by atoms with Gasteiger partial charge in [-0.2, -0.15) is 11.8 Å². The molecule has 0 heterocycles. The van der Waals surface area contributed by atoms with Gasteiger partial charge in [-0.05, 0) is 18.6 Å². The largest absolute Gasteiger partial charge is 0.396 e. The highest BCUT2D eigenvalue weighted by atomic mass is 32.2. The van der Waals surface area contributed by atoms with Crippen LogP contribution in [0.15, 0.2) is 0 Å². The number of rotatable bonds is 7. The van der Waals surface area contributed by atoms with E-state index in [2.05, 4.69) is 0 Å². The van der Waals surface area contributed by atoms with Crippen LogP contribution in [0.1, 0.15) is 19.3 Å². The predicted octanol–water partition coefficient (Wildman–Crippen LogP) is 1.08. The van der Waals surface area contributed by atoms with Crippen LogP contribution in [-0.4, -0.2) is 29.5 Å². The van der Waals surface area contributed by atoms with Crippen LogP contribution in [0, 0.1) is 0 Å². The van der Waals surface area contributed by atoms with Gasteiger partial charge in [-0.1, -0.05) is 0 Å². The molecule has 0 aliphatic carbocycles. The van der Waals surface area contributed by atoms with Gasteiger partial charge in [-0.3, -0.25) is 0 Å². The Morgan fingerprint density at radius 1 is 1.30 bits per heavy atom. The molecule has 0 fully saturated rings. The molecule has 0 aromatic heterocycles. The molecule has 0 aliphatic rings. The molecule has 0 atom stereocenters. The monoisotopic (exact) mass is 162 g/mol. The third-order valence-corrected chi connectivity index (χ3v) is 2.14. The van der Waals surface area contributed by atoms with Crippen molar-refractivity contribution < 1.29 is 9.90 Å². The summed E-state index contributed by atoms with van der Waals surface area (Å²) in [7, 11) is 0. The summed E-state index contributed by atoms with van der Waals surface area (Å²) in [6.45, 7) is 0.262. The summed E-state index contributed by atoms with van der Waals surface area (Å²) in [4.78, 5) is 9.85. The smallest absolute Gasteiger partial charge is 0.119 e. The zero-order valence-electron chi connectivity index (χ0n) is 6.08. The minimum atomic E-state index is 0.262. The fourth-order valence-electron chi connectivity index (χ4n) is 0.598. The van der Waals surface area contributed by atoms with Crippen molar-refractivity contribution in [2.45, 2.75) is 19.3 Å². The highest BCUT2D eigenvalue weighted by Gasteiger charge is 1.88. The van der Waals surface area contributed by atoms with E-state index in [1.54, 1.807) is 11.8 Å². The lowest BCUT2D eigenvalue weighted by Gasteiger charge is -1.95. The highest BCUT2D eigenvalue weighted by molar-refractivity contribution is 7.99. The van der Waals surface area contributed by atoms with Gasteiger partial charge in [0.15, 0.2) is 0 Å². The summed E-state index contributed by atoms with van der Waals surface area (Å²) < 4.78 is 0. The van der Waals surface area contributed by atoms with Crippen molar-refractivity contribution in [3.63, 3.8) is 0 Å². The van der Waals surface area contributed by atoms with Crippen molar-refractivity contribution in [3.05, 3.63) is 0 Å². The molecule has 0 aromatic rings. The number of aldehydes is 1. The van der Waals surface area contributed by atoms with Crippen LogP contribution >= 0.6 is 11.8 Å².